The van der Waals surface area contributed by atoms with Gasteiger partial charge in [0.2, 0.25) is 0 Å². The maximum atomic E-state index is 11.5. The lowest BCUT2D eigenvalue weighted by atomic mass is 9.99. The van der Waals surface area contributed by atoms with Gasteiger partial charge in [0, 0.05) is 17.8 Å². The maximum absolute atomic E-state index is 11.5. The third-order valence-corrected chi connectivity index (χ3v) is 5.16. The van der Waals surface area contributed by atoms with Crippen molar-refractivity contribution in [3.63, 3.8) is 0 Å². The monoisotopic (exact) mass is 247 g/mol. The van der Waals surface area contributed by atoms with E-state index in [2.05, 4.69) is 19.2 Å². The van der Waals surface area contributed by atoms with Crippen LogP contribution in [0.5, 0.6) is 0 Å². The fraction of sp³-hybridized carbons (Fsp3) is 1.00. The molecule has 0 aliphatic heterocycles. The Morgan fingerprint density at radius 1 is 1.25 bits per heavy atom. The van der Waals surface area contributed by atoms with E-state index in [0.717, 1.165) is 5.92 Å². The zero-order chi connectivity index (χ0) is 12.3. The van der Waals surface area contributed by atoms with Gasteiger partial charge >= 0.3 is 0 Å². The van der Waals surface area contributed by atoms with Crippen LogP contribution < -0.4 is 5.32 Å². The second kappa shape index (κ2) is 5.50. The van der Waals surface area contributed by atoms with E-state index in [1.165, 1.54) is 12.8 Å². The van der Waals surface area contributed by atoms with Crippen molar-refractivity contribution in [1.82, 2.24) is 5.32 Å². The predicted molar refractivity (Wildman–Crippen MR) is 68.3 cm³/mol. The summed E-state index contributed by atoms with van der Waals surface area (Å²) in [6, 6.07) is 0.556. The minimum absolute atomic E-state index is 0.0675. The molecule has 1 N–H and O–H groups in total. The maximum Gasteiger partial charge on any atom is 0.151 e. The number of hydrogen-bond acceptors (Lipinski definition) is 3. The average molecular weight is 247 g/mol. The summed E-state index contributed by atoms with van der Waals surface area (Å²) in [6.45, 7) is 8.10. The van der Waals surface area contributed by atoms with E-state index < -0.39 is 9.84 Å². The summed E-state index contributed by atoms with van der Waals surface area (Å²) in [5, 5.41) is 3.49. The molecule has 3 nitrogen and oxygen atoms in total. The highest BCUT2D eigenvalue weighted by Gasteiger charge is 2.34. The Hall–Kier alpha value is -0.0900. The Labute approximate surface area is 99.9 Å². The minimum atomic E-state index is -2.86. The Balaban J connectivity index is 2.45. The van der Waals surface area contributed by atoms with Crippen molar-refractivity contribution in [3.8, 4) is 0 Å². The third-order valence-electron chi connectivity index (χ3n) is 3.27. The molecule has 1 saturated carbocycles. The van der Waals surface area contributed by atoms with Gasteiger partial charge in [-0.15, -0.1) is 0 Å². The molecular formula is C12H25NO2S. The summed E-state index contributed by atoms with van der Waals surface area (Å²) in [6.07, 6.45) is 2.59. The first-order chi connectivity index (χ1) is 7.35. The largest absolute Gasteiger partial charge is 0.310 e. The molecule has 0 saturated heterocycles. The highest BCUT2D eigenvalue weighted by Crippen LogP contribution is 2.35. The van der Waals surface area contributed by atoms with E-state index in [4.69, 9.17) is 0 Å². The molecule has 0 bridgehead atoms. The molecule has 1 aliphatic carbocycles. The first-order valence-corrected chi connectivity index (χ1v) is 8.14. The van der Waals surface area contributed by atoms with Gasteiger partial charge in [-0.1, -0.05) is 20.8 Å². The predicted octanol–water partition coefficient (Wildman–Crippen LogP) is 1.83. The van der Waals surface area contributed by atoms with Gasteiger partial charge in [0.05, 0.1) is 5.75 Å². The lowest BCUT2D eigenvalue weighted by molar-refractivity contribution is 0.337. The van der Waals surface area contributed by atoms with Crippen molar-refractivity contribution in [1.29, 1.82) is 0 Å². The first kappa shape index (κ1) is 14.0. The topological polar surface area (TPSA) is 46.2 Å². The van der Waals surface area contributed by atoms with E-state index in [1.54, 1.807) is 6.92 Å². The van der Waals surface area contributed by atoms with Gasteiger partial charge in [-0.25, -0.2) is 8.42 Å². The molecule has 0 aromatic rings. The molecule has 4 heteroatoms. The van der Waals surface area contributed by atoms with Crippen LogP contribution in [0.1, 0.15) is 40.5 Å². The number of hydrogen-bond donors (Lipinski definition) is 1. The SMILES string of the molecule is CCS(=O)(=O)CC(C)NC(C(C)C)C1CC1. The van der Waals surface area contributed by atoms with Crippen molar-refractivity contribution in [2.24, 2.45) is 11.8 Å². The number of rotatable bonds is 7. The summed E-state index contributed by atoms with van der Waals surface area (Å²) >= 11 is 0. The van der Waals surface area contributed by atoms with Crippen molar-refractivity contribution in [2.75, 3.05) is 11.5 Å². The average Bonchev–Trinajstić information content (AvgIpc) is 2.96. The van der Waals surface area contributed by atoms with Gasteiger partial charge < -0.3 is 5.32 Å². The van der Waals surface area contributed by atoms with Gasteiger partial charge in [-0.2, -0.15) is 0 Å². The summed E-state index contributed by atoms with van der Waals surface area (Å²) in [7, 11) is -2.86. The summed E-state index contributed by atoms with van der Waals surface area (Å²) in [5.74, 6) is 1.86. The fourth-order valence-corrected chi connectivity index (χ4v) is 3.30. The standard InChI is InChI=1S/C12H25NO2S/c1-5-16(14,15)8-10(4)13-12(9(2)3)11-6-7-11/h9-13H,5-8H2,1-4H3. The molecule has 2 unspecified atom stereocenters. The molecule has 0 radical (unpaired) electrons. The highest BCUT2D eigenvalue weighted by molar-refractivity contribution is 7.91. The van der Waals surface area contributed by atoms with Crippen LogP contribution in [-0.2, 0) is 9.84 Å². The van der Waals surface area contributed by atoms with E-state index in [-0.39, 0.29) is 17.5 Å². The molecule has 96 valence electrons. The van der Waals surface area contributed by atoms with Crippen LogP contribution in [0.3, 0.4) is 0 Å². The molecular weight excluding hydrogens is 222 g/mol. The quantitative estimate of drug-likeness (QED) is 0.746. The lowest BCUT2D eigenvalue weighted by Gasteiger charge is -2.26. The van der Waals surface area contributed by atoms with Crippen LogP contribution in [0, 0.1) is 11.8 Å². The van der Waals surface area contributed by atoms with Crippen LogP contribution in [0.2, 0.25) is 0 Å². The van der Waals surface area contributed by atoms with Crippen LogP contribution in [0.15, 0.2) is 0 Å². The fourth-order valence-electron chi connectivity index (χ4n) is 2.20. The highest BCUT2D eigenvalue weighted by atomic mass is 32.2. The molecule has 0 aromatic heterocycles. The Morgan fingerprint density at radius 2 is 1.81 bits per heavy atom. The summed E-state index contributed by atoms with van der Waals surface area (Å²) in [5.41, 5.74) is 0. The van der Waals surface area contributed by atoms with E-state index in [1.807, 2.05) is 6.92 Å². The van der Waals surface area contributed by atoms with E-state index in [0.29, 0.717) is 12.0 Å². The molecule has 2 atom stereocenters. The Kier molecular flexibility index (Phi) is 4.80. The molecule has 1 rings (SSSR count). The van der Waals surface area contributed by atoms with Crippen LogP contribution >= 0.6 is 0 Å². The van der Waals surface area contributed by atoms with Crippen LogP contribution in [0.25, 0.3) is 0 Å². The van der Waals surface area contributed by atoms with Crippen molar-refractivity contribution >= 4 is 9.84 Å². The Bertz CT molecular complexity index is 305. The minimum Gasteiger partial charge on any atom is -0.310 e. The summed E-state index contributed by atoms with van der Waals surface area (Å²) in [4.78, 5) is 0. The molecule has 16 heavy (non-hydrogen) atoms. The molecule has 0 amide bonds. The molecule has 0 spiro atoms. The second-order valence-electron chi connectivity index (χ2n) is 5.37. The van der Waals surface area contributed by atoms with Gasteiger partial charge in [0.15, 0.2) is 9.84 Å². The normalized spacial score (nSPS) is 21.1. The van der Waals surface area contributed by atoms with Crippen LogP contribution in [-0.4, -0.2) is 32.0 Å². The van der Waals surface area contributed by atoms with Crippen molar-refractivity contribution in [2.45, 2.75) is 52.6 Å². The molecule has 1 aliphatic rings. The smallest absolute Gasteiger partial charge is 0.151 e. The van der Waals surface area contributed by atoms with Crippen molar-refractivity contribution in [3.05, 3.63) is 0 Å². The van der Waals surface area contributed by atoms with Crippen molar-refractivity contribution < 1.29 is 8.42 Å². The zero-order valence-electron chi connectivity index (χ0n) is 10.9. The van der Waals surface area contributed by atoms with Gasteiger partial charge in [-0.3, -0.25) is 0 Å². The molecule has 0 aromatic carbocycles. The van der Waals surface area contributed by atoms with Gasteiger partial charge in [-0.05, 0) is 31.6 Å². The first-order valence-electron chi connectivity index (χ1n) is 6.32. The van der Waals surface area contributed by atoms with E-state index >= 15 is 0 Å². The zero-order valence-corrected chi connectivity index (χ0v) is 11.7. The number of nitrogens with one attached hydrogen (secondary N) is 1. The van der Waals surface area contributed by atoms with E-state index in [9.17, 15) is 8.42 Å². The summed E-state index contributed by atoms with van der Waals surface area (Å²) < 4.78 is 23.0. The molecule has 0 heterocycles. The van der Waals surface area contributed by atoms with Gasteiger partial charge in [0.25, 0.3) is 0 Å². The third kappa shape index (κ3) is 4.42. The lowest BCUT2D eigenvalue weighted by Crippen LogP contribution is -2.44. The van der Waals surface area contributed by atoms with Gasteiger partial charge in [0.1, 0.15) is 0 Å². The Morgan fingerprint density at radius 3 is 2.19 bits per heavy atom. The van der Waals surface area contributed by atoms with Crippen LogP contribution in [0.4, 0.5) is 0 Å². The second-order valence-corrected chi connectivity index (χ2v) is 7.77. The molecule has 1 fully saturated rings. The number of sulfone groups is 1.